The van der Waals surface area contributed by atoms with Crippen LogP contribution in [0.15, 0.2) is 24.3 Å². The predicted octanol–water partition coefficient (Wildman–Crippen LogP) is 3.48. The Balaban J connectivity index is 1.65. The summed E-state index contributed by atoms with van der Waals surface area (Å²) >= 11 is 12.7. The molecule has 0 spiro atoms. The normalized spacial score (nSPS) is 16.0. The van der Waals surface area contributed by atoms with Crippen molar-refractivity contribution < 1.29 is 13.2 Å². The van der Waals surface area contributed by atoms with Gasteiger partial charge >= 0.3 is 0 Å². The van der Waals surface area contributed by atoms with Crippen molar-refractivity contribution in [3.05, 3.63) is 51.3 Å². The molecule has 1 aliphatic rings. The van der Waals surface area contributed by atoms with Gasteiger partial charge < -0.3 is 5.32 Å². The van der Waals surface area contributed by atoms with Gasteiger partial charge in [-0.25, -0.2) is 17.4 Å². The zero-order valence-corrected chi connectivity index (χ0v) is 19.4. The summed E-state index contributed by atoms with van der Waals surface area (Å²) in [5.74, 6) is -0.138. The Morgan fingerprint density at radius 2 is 1.90 bits per heavy atom. The number of aromatic nitrogens is 2. The van der Waals surface area contributed by atoms with Gasteiger partial charge in [-0.05, 0) is 37.8 Å². The van der Waals surface area contributed by atoms with Crippen LogP contribution in [0.1, 0.15) is 47.8 Å². The van der Waals surface area contributed by atoms with Crippen LogP contribution in [0.2, 0.25) is 10.2 Å². The average molecular weight is 473 g/mol. The van der Waals surface area contributed by atoms with E-state index in [4.69, 9.17) is 23.2 Å². The zero-order chi connectivity index (χ0) is 21.9. The summed E-state index contributed by atoms with van der Waals surface area (Å²) in [5.41, 5.74) is 1.73. The number of nitrogens with one attached hydrogen (secondary N) is 1. The Kier molecular flexibility index (Phi) is 7.44. The Bertz CT molecular complexity index is 1020. The van der Waals surface area contributed by atoms with Gasteiger partial charge in [0, 0.05) is 24.2 Å². The van der Waals surface area contributed by atoms with Crippen molar-refractivity contribution in [1.29, 1.82) is 0 Å². The fraction of sp³-hybridized carbons (Fsp3) is 0.500. The molecule has 0 aliphatic carbocycles. The third-order valence-electron chi connectivity index (χ3n) is 5.22. The maximum absolute atomic E-state index is 12.9. The maximum Gasteiger partial charge on any atom is 0.256 e. The first-order valence-corrected chi connectivity index (χ1v) is 12.3. The van der Waals surface area contributed by atoms with Crippen molar-refractivity contribution in [2.45, 2.75) is 45.7 Å². The number of halogens is 2. The number of rotatable bonds is 7. The topological polar surface area (TPSA) is 84.3 Å². The molecule has 10 heteroatoms. The second-order valence-electron chi connectivity index (χ2n) is 7.46. The van der Waals surface area contributed by atoms with E-state index in [1.807, 2.05) is 25.1 Å². The molecule has 1 saturated heterocycles. The molecule has 0 saturated carbocycles. The van der Waals surface area contributed by atoms with Gasteiger partial charge in [-0.3, -0.25) is 4.79 Å². The van der Waals surface area contributed by atoms with Crippen molar-refractivity contribution in [3.8, 4) is 0 Å². The summed E-state index contributed by atoms with van der Waals surface area (Å²) in [4.78, 5) is 12.9. The third-order valence-corrected chi connectivity index (χ3v) is 8.04. The van der Waals surface area contributed by atoms with Crippen LogP contribution in [0.4, 0.5) is 0 Å². The van der Waals surface area contributed by atoms with Gasteiger partial charge in [0.25, 0.3) is 5.91 Å². The van der Waals surface area contributed by atoms with Crippen LogP contribution in [-0.4, -0.2) is 53.3 Å². The van der Waals surface area contributed by atoms with Crippen LogP contribution in [0.5, 0.6) is 0 Å². The molecule has 2 heterocycles. The smallest absolute Gasteiger partial charge is 0.256 e. The molecule has 7 nitrogen and oxygen atoms in total. The molecule has 1 aromatic carbocycles. The zero-order valence-electron chi connectivity index (χ0n) is 17.1. The number of aryl methyl sites for hydroxylation is 1. The van der Waals surface area contributed by atoms with Gasteiger partial charge in [0.2, 0.25) is 10.0 Å². The van der Waals surface area contributed by atoms with E-state index < -0.39 is 10.0 Å². The molecule has 0 bridgehead atoms. The van der Waals surface area contributed by atoms with E-state index in [2.05, 4.69) is 10.4 Å². The molecular formula is C20H26Cl2N4O3S. The van der Waals surface area contributed by atoms with E-state index in [1.54, 1.807) is 17.7 Å². The molecule has 3 rings (SSSR count). The minimum Gasteiger partial charge on any atom is -0.349 e. The monoisotopic (exact) mass is 472 g/mol. The van der Waals surface area contributed by atoms with Crippen LogP contribution in [0.25, 0.3) is 0 Å². The van der Waals surface area contributed by atoms with Gasteiger partial charge in [0.1, 0.15) is 5.15 Å². The van der Waals surface area contributed by atoms with E-state index in [0.717, 1.165) is 5.56 Å². The number of carbonyl (C=O) groups excluding carboxylic acids is 1. The number of benzene rings is 1. The van der Waals surface area contributed by atoms with Crippen LogP contribution in [0, 0.1) is 6.92 Å². The molecule has 1 aliphatic heterocycles. The molecular weight excluding hydrogens is 447 g/mol. The minimum atomic E-state index is -3.21. The highest BCUT2D eigenvalue weighted by Gasteiger charge is 2.29. The number of amides is 1. The fourth-order valence-corrected chi connectivity index (χ4v) is 5.68. The van der Waals surface area contributed by atoms with Crippen LogP contribution in [0.3, 0.4) is 0 Å². The number of piperidine rings is 1. The second kappa shape index (κ2) is 9.68. The first-order chi connectivity index (χ1) is 14.2. The molecule has 2 aromatic rings. The average Bonchev–Trinajstić information content (AvgIpc) is 2.97. The standard InChI is InChI=1S/C20H26Cl2N4O3S/c1-3-12-30(28,29)25-10-8-16(9-11-25)23-20(27)18-14(2)24-26(19(18)22)13-15-6-4-5-7-17(15)21/h4-7,16H,3,8-13H2,1-2H3,(H,23,27). The van der Waals surface area contributed by atoms with E-state index in [1.165, 1.54) is 4.31 Å². The molecule has 0 unspecified atom stereocenters. The van der Waals surface area contributed by atoms with Crippen molar-refractivity contribution in [3.63, 3.8) is 0 Å². The fourth-order valence-electron chi connectivity index (χ4n) is 3.63. The van der Waals surface area contributed by atoms with Crippen molar-refractivity contribution in [2.75, 3.05) is 18.8 Å². The quantitative estimate of drug-likeness (QED) is 0.668. The van der Waals surface area contributed by atoms with Crippen LogP contribution >= 0.6 is 23.2 Å². The number of hydrogen-bond acceptors (Lipinski definition) is 4. The second-order valence-corrected chi connectivity index (χ2v) is 10.3. The summed E-state index contributed by atoms with van der Waals surface area (Å²) in [6.07, 6.45) is 1.73. The van der Waals surface area contributed by atoms with E-state index in [0.29, 0.717) is 55.2 Å². The SMILES string of the molecule is CCCS(=O)(=O)N1CCC(NC(=O)c2c(C)nn(Cc3ccccc3Cl)c2Cl)CC1. The molecule has 164 valence electrons. The first kappa shape index (κ1) is 23.1. The first-order valence-electron chi connectivity index (χ1n) is 9.98. The van der Waals surface area contributed by atoms with E-state index in [-0.39, 0.29) is 22.9 Å². The molecule has 30 heavy (non-hydrogen) atoms. The highest BCUT2D eigenvalue weighted by atomic mass is 35.5. The van der Waals surface area contributed by atoms with Gasteiger partial charge in [-0.15, -0.1) is 0 Å². The Morgan fingerprint density at radius 1 is 1.23 bits per heavy atom. The highest BCUT2D eigenvalue weighted by molar-refractivity contribution is 7.89. The summed E-state index contributed by atoms with van der Waals surface area (Å²) in [6.45, 7) is 4.77. The molecule has 1 amide bonds. The van der Waals surface area contributed by atoms with Crippen LogP contribution < -0.4 is 5.32 Å². The Morgan fingerprint density at radius 3 is 2.53 bits per heavy atom. The summed E-state index contributed by atoms with van der Waals surface area (Å²) in [7, 11) is -3.21. The summed E-state index contributed by atoms with van der Waals surface area (Å²) in [5, 5.41) is 8.25. The number of carbonyl (C=O) groups is 1. The van der Waals surface area contributed by atoms with Gasteiger partial charge in [0.05, 0.1) is 23.6 Å². The highest BCUT2D eigenvalue weighted by Crippen LogP contribution is 2.24. The lowest BCUT2D eigenvalue weighted by Gasteiger charge is -2.31. The molecule has 1 fully saturated rings. The van der Waals surface area contributed by atoms with Crippen molar-refractivity contribution in [2.24, 2.45) is 0 Å². The maximum atomic E-state index is 12.9. The van der Waals surface area contributed by atoms with Crippen molar-refractivity contribution >= 4 is 39.1 Å². The lowest BCUT2D eigenvalue weighted by Crippen LogP contribution is -2.47. The number of sulfonamides is 1. The summed E-state index contributed by atoms with van der Waals surface area (Å²) in [6, 6.07) is 7.30. The van der Waals surface area contributed by atoms with Crippen molar-refractivity contribution in [1.82, 2.24) is 19.4 Å². The minimum absolute atomic E-state index is 0.104. The molecule has 1 N–H and O–H groups in total. The Labute approximate surface area is 187 Å². The molecule has 0 radical (unpaired) electrons. The van der Waals surface area contributed by atoms with E-state index >= 15 is 0 Å². The molecule has 1 aromatic heterocycles. The van der Waals surface area contributed by atoms with Crippen LogP contribution in [-0.2, 0) is 16.6 Å². The summed E-state index contributed by atoms with van der Waals surface area (Å²) < 4.78 is 27.5. The predicted molar refractivity (Wildman–Crippen MR) is 119 cm³/mol. The van der Waals surface area contributed by atoms with Gasteiger partial charge in [-0.2, -0.15) is 5.10 Å². The molecule has 0 atom stereocenters. The van der Waals surface area contributed by atoms with Gasteiger partial charge in [-0.1, -0.05) is 48.3 Å². The lowest BCUT2D eigenvalue weighted by molar-refractivity contribution is 0.0923. The Hall–Kier alpha value is -1.61. The number of hydrogen-bond donors (Lipinski definition) is 1. The largest absolute Gasteiger partial charge is 0.349 e. The number of nitrogens with zero attached hydrogens (tertiary/aromatic N) is 3. The van der Waals surface area contributed by atoms with Gasteiger partial charge in [0.15, 0.2) is 0 Å². The lowest BCUT2D eigenvalue weighted by atomic mass is 10.1. The van der Waals surface area contributed by atoms with E-state index in [9.17, 15) is 13.2 Å². The third kappa shape index (κ3) is 5.17.